The highest BCUT2D eigenvalue weighted by Crippen LogP contribution is 2.33. The number of azide groups is 1. The van der Waals surface area contributed by atoms with Crippen LogP contribution in [0.2, 0.25) is 0 Å². The average Bonchev–Trinajstić information content (AvgIpc) is 4.12. The number of hydrogen-bond acceptors (Lipinski definition) is 19. The number of fused-ring (bicyclic) bond motifs is 1. The molecule has 6 rings (SSSR count). The Kier molecular flexibility index (Phi) is 23.9. The number of rotatable bonds is 30. The summed E-state index contributed by atoms with van der Waals surface area (Å²) in [6.45, 7) is 8.05. The molecule has 2 unspecified atom stereocenters. The van der Waals surface area contributed by atoms with E-state index in [1.807, 2.05) is 37.3 Å². The number of anilines is 5. The molecular formula is C54H62FN13O11S2. The van der Waals surface area contributed by atoms with E-state index in [-0.39, 0.29) is 70.1 Å². The van der Waals surface area contributed by atoms with Crippen LogP contribution in [0, 0.1) is 30.5 Å². The van der Waals surface area contributed by atoms with E-state index in [2.05, 4.69) is 63.3 Å². The minimum atomic E-state index is -1.18. The van der Waals surface area contributed by atoms with Crippen LogP contribution in [0.3, 0.4) is 0 Å². The van der Waals surface area contributed by atoms with Gasteiger partial charge in [-0.2, -0.15) is 0 Å². The number of amides is 4. The van der Waals surface area contributed by atoms with Crippen molar-refractivity contribution in [2.24, 2.45) is 11.0 Å². The molecule has 6 aromatic rings. The maximum Gasteiger partial charge on any atom is 0.410 e. The normalized spacial score (nSPS) is 11.6. The van der Waals surface area contributed by atoms with Gasteiger partial charge in [0.25, 0.3) is 0 Å². The maximum atomic E-state index is 15.1. The summed E-state index contributed by atoms with van der Waals surface area (Å²) in [5.74, 6) is 2.97. The molecule has 428 valence electrons. The number of aromatic nitrogens is 4. The predicted molar refractivity (Wildman–Crippen MR) is 303 cm³/mol. The second kappa shape index (κ2) is 31.3. The lowest BCUT2D eigenvalue weighted by molar-refractivity contribution is -0.133. The van der Waals surface area contributed by atoms with Crippen molar-refractivity contribution in [2.75, 3.05) is 89.0 Å². The second-order valence-corrected chi connectivity index (χ2v) is 20.3. The van der Waals surface area contributed by atoms with E-state index in [1.54, 1.807) is 56.1 Å². The van der Waals surface area contributed by atoms with Gasteiger partial charge in [0.2, 0.25) is 17.7 Å². The summed E-state index contributed by atoms with van der Waals surface area (Å²) < 4.78 is 43.2. The molecule has 0 spiro atoms. The molecule has 4 amide bonds. The third kappa shape index (κ3) is 19.4. The molecule has 81 heavy (non-hydrogen) atoms. The van der Waals surface area contributed by atoms with Crippen LogP contribution in [0.15, 0.2) is 77.9 Å². The first-order valence-corrected chi connectivity index (χ1v) is 27.1. The molecule has 0 radical (unpaired) electrons. The Balaban J connectivity index is 0.869. The van der Waals surface area contributed by atoms with Gasteiger partial charge in [0.05, 0.1) is 56.4 Å². The van der Waals surface area contributed by atoms with Gasteiger partial charge < -0.3 is 59.9 Å². The van der Waals surface area contributed by atoms with Gasteiger partial charge in [-0.05, 0) is 97.8 Å². The largest absolute Gasteiger partial charge is 0.491 e. The van der Waals surface area contributed by atoms with Crippen LogP contribution in [0.25, 0.3) is 20.7 Å². The van der Waals surface area contributed by atoms with Crippen molar-refractivity contribution in [2.45, 2.75) is 59.2 Å². The monoisotopic (exact) mass is 1150 g/mol. The zero-order valence-corrected chi connectivity index (χ0v) is 47.0. The number of carboxylic acids is 1. The molecule has 0 aliphatic rings. The first-order chi connectivity index (χ1) is 39.0. The number of thiazole rings is 2. The number of para-hydroxylation sites is 1. The number of hydrogen-bond donors (Lipinski definition) is 5. The fraction of sp³-hybridized carbons (Fsp3) is 0.389. The molecule has 0 aliphatic heterocycles. The van der Waals surface area contributed by atoms with Crippen LogP contribution in [0.4, 0.5) is 36.8 Å². The molecule has 0 saturated carbocycles. The van der Waals surface area contributed by atoms with Crippen molar-refractivity contribution < 1.29 is 57.2 Å². The van der Waals surface area contributed by atoms with Gasteiger partial charge in [0.15, 0.2) is 39.2 Å². The number of benzene rings is 3. The molecule has 5 N–H and O–H groups in total. The highest BCUT2D eigenvalue weighted by molar-refractivity contribution is 7.22. The Morgan fingerprint density at radius 2 is 1.62 bits per heavy atom. The SMILES string of the molecule is Cc1cc(N(C)c2nc(C(=O)O)c(CCCOc3ccc(C#CCN(C)C(=O)OCc4ccc(NC(=O)C(C)NC(=O)C(NC(=O)COCCOCCOCCN=[N+]=[N-])C(C)C)cc4)cc3F)s2)nnc1Nc1nc2ccccc2s1. The standard InChI is InChI=1S/C54H62FN13O11S2/c1-33(2)46(61-45(69)32-77-28-27-76-26-25-75-24-21-57-66-56)50(71)58-35(4)49(70)59-38-18-15-37(16-19-38)31-79-54(74)67(5)22-9-11-36-17-20-41(39(55)30-36)78-23-10-14-43-47(51(72)73)62-53(81-43)68(6)44-29-34(3)48(65-64-44)63-52-60-40-12-7-8-13-42(40)80-52/h7-8,12-13,15-20,29-30,33,35,46H,10,14,21-28,31-32H2,1-6H3,(H,58,71)(H,59,70)(H,61,69)(H,72,73)(H,60,63,65). The summed E-state index contributed by atoms with van der Waals surface area (Å²) in [4.78, 5) is 78.6. The van der Waals surface area contributed by atoms with Gasteiger partial charge in [-0.15, -0.1) is 21.5 Å². The van der Waals surface area contributed by atoms with E-state index in [1.165, 1.54) is 53.7 Å². The predicted octanol–water partition coefficient (Wildman–Crippen LogP) is 7.78. The number of nitrogens with one attached hydrogen (secondary N) is 4. The van der Waals surface area contributed by atoms with Crippen molar-refractivity contribution in [3.8, 4) is 17.6 Å². The molecule has 24 nitrogen and oxygen atoms in total. The molecule has 3 aromatic carbocycles. The number of ether oxygens (including phenoxy) is 5. The van der Waals surface area contributed by atoms with Crippen LogP contribution in [-0.2, 0) is 46.4 Å². The van der Waals surface area contributed by atoms with Crippen LogP contribution in [0.5, 0.6) is 5.75 Å². The highest BCUT2D eigenvalue weighted by atomic mass is 32.1. The first kappa shape index (κ1) is 61.7. The van der Waals surface area contributed by atoms with Gasteiger partial charge >= 0.3 is 12.1 Å². The second-order valence-electron chi connectivity index (χ2n) is 18.2. The summed E-state index contributed by atoms with van der Waals surface area (Å²) in [7, 11) is 3.23. The third-order valence-electron chi connectivity index (χ3n) is 11.6. The Bertz CT molecular complexity index is 3200. The number of nitrogens with zero attached hydrogens (tertiary/aromatic N) is 9. The van der Waals surface area contributed by atoms with Gasteiger partial charge in [-0.3, -0.25) is 14.4 Å². The minimum Gasteiger partial charge on any atom is -0.491 e. The van der Waals surface area contributed by atoms with Crippen LogP contribution in [-0.4, -0.2) is 145 Å². The Labute approximate surface area is 474 Å². The van der Waals surface area contributed by atoms with Gasteiger partial charge in [-0.25, -0.2) is 23.9 Å². The Morgan fingerprint density at radius 1 is 0.877 bits per heavy atom. The lowest BCUT2D eigenvalue weighted by atomic mass is 10.0. The molecular weight excluding hydrogens is 1090 g/mol. The fourth-order valence-electron chi connectivity index (χ4n) is 7.20. The van der Waals surface area contributed by atoms with Gasteiger partial charge in [0, 0.05) is 41.7 Å². The molecule has 0 bridgehead atoms. The summed E-state index contributed by atoms with van der Waals surface area (Å²) in [5, 5.41) is 34.3. The van der Waals surface area contributed by atoms with E-state index in [4.69, 9.17) is 29.2 Å². The summed E-state index contributed by atoms with van der Waals surface area (Å²) in [5.41, 5.74) is 11.2. The molecule has 3 aromatic heterocycles. The van der Waals surface area contributed by atoms with Crippen molar-refractivity contribution in [1.29, 1.82) is 0 Å². The van der Waals surface area contributed by atoms with Gasteiger partial charge in [0.1, 0.15) is 25.3 Å². The lowest BCUT2D eigenvalue weighted by Gasteiger charge is -2.24. The smallest absolute Gasteiger partial charge is 0.410 e. The zero-order chi connectivity index (χ0) is 58.3. The van der Waals surface area contributed by atoms with Crippen LogP contribution < -0.4 is 30.9 Å². The zero-order valence-electron chi connectivity index (χ0n) is 45.4. The first-order valence-electron chi connectivity index (χ1n) is 25.5. The van der Waals surface area contributed by atoms with Crippen LogP contribution >= 0.6 is 22.7 Å². The van der Waals surface area contributed by atoms with E-state index < -0.39 is 47.7 Å². The Hall–Kier alpha value is -8.51. The third-order valence-corrected chi connectivity index (χ3v) is 13.7. The van der Waals surface area contributed by atoms with Crippen LogP contribution in [0.1, 0.15) is 59.2 Å². The summed E-state index contributed by atoms with van der Waals surface area (Å²) in [6.07, 6.45) is 0.0266. The van der Waals surface area contributed by atoms with Gasteiger partial charge in [-0.1, -0.05) is 66.4 Å². The molecule has 0 fully saturated rings. The number of carbonyl (C=O) groups excluding carboxylic acids is 4. The van der Waals surface area contributed by atoms with E-state index in [9.17, 15) is 29.1 Å². The van der Waals surface area contributed by atoms with E-state index in [0.717, 1.165) is 15.8 Å². The highest BCUT2D eigenvalue weighted by Gasteiger charge is 2.27. The van der Waals surface area contributed by atoms with E-state index in [0.29, 0.717) is 69.6 Å². The fourth-order valence-corrected chi connectivity index (χ4v) is 9.13. The quantitative estimate of drug-likeness (QED) is 0.00945. The molecule has 0 aliphatic carbocycles. The Morgan fingerprint density at radius 3 is 2.32 bits per heavy atom. The number of aryl methyl sites for hydroxylation is 2. The summed E-state index contributed by atoms with van der Waals surface area (Å²) in [6, 6.07) is 18.5. The van der Waals surface area contributed by atoms with Crippen molar-refractivity contribution >= 4 is 90.3 Å². The lowest BCUT2D eigenvalue weighted by Crippen LogP contribution is -2.54. The van der Waals surface area contributed by atoms with E-state index >= 15 is 4.39 Å². The minimum absolute atomic E-state index is 0.00337. The molecule has 0 saturated heterocycles. The maximum absolute atomic E-state index is 15.1. The van der Waals surface area contributed by atoms with Crippen molar-refractivity contribution in [3.05, 3.63) is 116 Å². The molecule has 27 heteroatoms. The number of aromatic carboxylic acids is 1. The van der Waals surface area contributed by atoms with Crippen molar-refractivity contribution in [1.82, 2.24) is 35.7 Å². The summed E-state index contributed by atoms with van der Waals surface area (Å²) >= 11 is 2.71. The number of carbonyl (C=O) groups is 5. The molecule has 3 heterocycles. The average molecular weight is 1150 g/mol. The topological polar surface area (TPSA) is 307 Å². The molecule has 2 atom stereocenters. The number of halogens is 1. The number of carboxylic acid groups (broad SMARTS) is 1. The van der Waals surface area contributed by atoms with Crippen molar-refractivity contribution in [3.63, 3.8) is 0 Å².